The van der Waals surface area contributed by atoms with Gasteiger partial charge in [-0.25, -0.2) is 9.48 Å². The molecule has 0 radical (unpaired) electrons. The summed E-state index contributed by atoms with van der Waals surface area (Å²) in [7, 11) is 3.75. The first-order valence-corrected chi connectivity index (χ1v) is 8.57. The van der Waals surface area contributed by atoms with Crippen LogP contribution in [-0.4, -0.2) is 45.4 Å². The average molecular weight is 404 g/mol. The van der Waals surface area contributed by atoms with E-state index < -0.39 is 5.97 Å². The first-order chi connectivity index (χ1) is 12.9. The lowest BCUT2D eigenvalue weighted by Crippen LogP contribution is -2.11. The summed E-state index contributed by atoms with van der Waals surface area (Å²) >= 11 is 12.4. The molecule has 7 nitrogen and oxygen atoms in total. The van der Waals surface area contributed by atoms with Crippen molar-refractivity contribution < 1.29 is 9.90 Å². The van der Waals surface area contributed by atoms with E-state index in [1.807, 2.05) is 19.0 Å². The van der Waals surface area contributed by atoms with Gasteiger partial charge in [0.05, 0.1) is 5.56 Å². The lowest BCUT2D eigenvalue weighted by Gasteiger charge is -2.18. The third-order valence-electron chi connectivity index (χ3n) is 3.89. The number of carboxylic acid groups (broad SMARTS) is 1. The lowest BCUT2D eigenvalue weighted by molar-refractivity contribution is 0.0696. The Kier molecular flexibility index (Phi) is 5.43. The number of hydrogen-bond acceptors (Lipinski definition) is 5. The SMILES string of the molecule is CN(C)c1ccc(C(=O)O)c(C(=Cn2cnnn2)c2ccc(Cl)cc2Cl)c1. The van der Waals surface area contributed by atoms with Crippen LogP contribution in [-0.2, 0) is 0 Å². The fourth-order valence-electron chi connectivity index (χ4n) is 2.57. The second-order valence-corrected chi connectivity index (χ2v) is 6.73. The first-order valence-electron chi connectivity index (χ1n) is 7.81. The number of anilines is 1. The largest absolute Gasteiger partial charge is 0.478 e. The van der Waals surface area contributed by atoms with Crippen LogP contribution < -0.4 is 4.90 Å². The van der Waals surface area contributed by atoms with E-state index in [1.54, 1.807) is 42.6 Å². The van der Waals surface area contributed by atoms with E-state index in [0.717, 1.165) is 5.69 Å². The highest BCUT2D eigenvalue weighted by molar-refractivity contribution is 6.36. The van der Waals surface area contributed by atoms with Crippen LogP contribution in [0.3, 0.4) is 0 Å². The van der Waals surface area contributed by atoms with E-state index in [1.165, 1.54) is 11.0 Å². The second-order valence-electron chi connectivity index (χ2n) is 5.89. The normalized spacial score (nSPS) is 11.5. The Labute approximate surface area is 165 Å². The summed E-state index contributed by atoms with van der Waals surface area (Å²) in [4.78, 5) is 13.7. The first kappa shape index (κ1) is 18.9. The quantitative estimate of drug-likeness (QED) is 0.697. The molecule has 0 bridgehead atoms. The predicted molar refractivity (Wildman–Crippen MR) is 105 cm³/mol. The van der Waals surface area contributed by atoms with Crippen LogP contribution in [0.2, 0.25) is 10.0 Å². The van der Waals surface area contributed by atoms with Crippen molar-refractivity contribution in [2.45, 2.75) is 0 Å². The zero-order valence-electron chi connectivity index (χ0n) is 14.5. The Balaban J connectivity index is 2.31. The molecule has 0 saturated heterocycles. The third kappa shape index (κ3) is 4.10. The van der Waals surface area contributed by atoms with Gasteiger partial charge in [-0.1, -0.05) is 29.3 Å². The molecule has 1 aromatic heterocycles. The number of nitrogens with zero attached hydrogens (tertiary/aromatic N) is 5. The molecule has 0 unspecified atom stereocenters. The van der Waals surface area contributed by atoms with Crippen molar-refractivity contribution in [2.75, 3.05) is 19.0 Å². The number of carboxylic acids is 1. The number of aromatic carboxylic acids is 1. The van der Waals surface area contributed by atoms with E-state index in [0.29, 0.717) is 26.7 Å². The van der Waals surface area contributed by atoms with Gasteiger partial charge in [0.15, 0.2) is 0 Å². The molecule has 0 amide bonds. The van der Waals surface area contributed by atoms with Crippen molar-refractivity contribution >= 4 is 46.6 Å². The average Bonchev–Trinajstić information content (AvgIpc) is 3.13. The van der Waals surface area contributed by atoms with Gasteiger partial charge in [-0.05, 0) is 40.8 Å². The highest BCUT2D eigenvalue weighted by atomic mass is 35.5. The monoisotopic (exact) mass is 403 g/mol. The van der Waals surface area contributed by atoms with Crippen LogP contribution in [0.25, 0.3) is 11.8 Å². The Morgan fingerprint density at radius 1 is 1.11 bits per heavy atom. The lowest BCUT2D eigenvalue weighted by atomic mass is 9.93. The van der Waals surface area contributed by atoms with Gasteiger partial charge in [-0.15, -0.1) is 5.10 Å². The van der Waals surface area contributed by atoms with Crippen LogP contribution in [0.5, 0.6) is 0 Å². The molecule has 0 atom stereocenters. The minimum atomic E-state index is -1.05. The molecule has 138 valence electrons. The molecule has 0 spiro atoms. The highest BCUT2D eigenvalue weighted by Crippen LogP contribution is 2.35. The van der Waals surface area contributed by atoms with Gasteiger partial charge in [0.1, 0.15) is 6.33 Å². The standard InChI is InChI=1S/C18H15Cl2N5O2/c1-24(2)12-4-6-14(18(26)27)15(8-12)16(9-25-10-21-22-23-25)13-5-3-11(19)7-17(13)20/h3-10H,1-2H3,(H,26,27). The predicted octanol–water partition coefficient (Wildman–Crippen LogP) is 3.79. The molecular formula is C18H15Cl2N5O2. The molecule has 1 N–H and O–H groups in total. The smallest absolute Gasteiger partial charge is 0.336 e. The molecular weight excluding hydrogens is 389 g/mol. The summed E-state index contributed by atoms with van der Waals surface area (Å²) in [6.45, 7) is 0. The molecule has 0 saturated carbocycles. The fourth-order valence-corrected chi connectivity index (χ4v) is 3.08. The summed E-state index contributed by atoms with van der Waals surface area (Å²) in [6.07, 6.45) is 3.02. The molecule has 0 aliphatic heterocycles. The number of tetrazole rings is 1. The van der Waals surface area contributed by atoms with Crippen molar-refractivity contribution in [1.82, 2.24) is 20.2 Å². The zero-order chi connectivity index (χ0) is 19.6. The van der Waals surface area contributed by atoms with E-state index >= 15 is 0 Å². The summed E-state index contributed by atoms with van der Waals surface area (Å²) in [5, 5.41) is 21.6. The van der Waals surface area contributed by atoms with E-state index in [9.17, 15) is 9.90 Å². The van der Waals surface area contributed by atoms with Gasteiger partial charge in [0.2, 0.25) is 0 Å². The van der Waals surface area contributed by atoms with Crippen LogP contribution in [0.1, 0.15) is 21.5 Å². The van der Waals surface area contributed by atoms with Crippen LogP contribution in [0.15, 0.2) is 42.7 Å². The summed E-state index contributed by atoms with van der Waals surface area (Å²) in [5.74, 6) is -1.05. The molecule has 1 heterocycles. The molecule has 3 aromatic rings. The maximum absolute atomic E-state index is 11.8. The summed E-state index contributed by atoms with van der Waals surface area (Å²) in [5.41, 5.74) is 2.60. The van der Waals surface area contributed by atoms with Gasteiger partial charge in [-0.3, -0.25) is 0 Å². The van der Waals surface area contributed by atoms with Crippen molar-refractivity contribution in [3.8, 4) is 0 Å². The van der Waals surface area contributed by atoms with E-state index in [4.69, 9.17) is 23.2 Å². The molecule has 0 aliphatic rings. The van der Waals surface area contributed by atoms with E-state index in [-0.39, 0.29) is 5.56 Å². The van der Waals surface area contributed by atoms with Crippen molar-refractivity contribution in [2.24, 2.45) is 0 Å². The minimum absolute atomic E-state index is 0.131. The van der Waals surface area contributed by atoms with Gasteiger partial charge >= 0.3 is 5.97 Å². The molecule has 9 heteroatoms. The number of hydrogen-bond donors (Lipinski definition) is 1. The maximum atomic E-state index is 11.8. The molecule has 3 rings (SSSR count). The molecule has 2 aromatic carbocycles. The van der Waals surface area contributed by atoms with Crippen LogP contribution >= 0.6 is 23.2 Å². The number of carbonyl (C=O) groups is 1. The van der Waals surface area contributed by atoms with Crippen molar-refractivity contribution in [1.29, 1.82) is 0 Å². The maximum Gasteiger partial charge on any atom is 0.336 e. The minimum Gasteiger partial charge on any atom is -0.478 e. The number of halogens is 2. The fraction of sp³-hybridized carbons (Fsp3) is 0.111. The second kappa shape index (κ2) is 7.77. The highest BCUT2D eigenvalue weighted by Gasteiger charge is 2.19. The van der Waals surface area contributed by atoms with Gasteiger partial charge in [0.25, 0.3) is 0 Å². The zero-order valence-corrected chi connectivity index (χ0v) is 16.0. The molecule has 0 fully saturated rings. The van der Waals surface area contributed by atoms with Gasteiger partial charge < -0.3 is 10.0 Å². The van der Waals surface area contributed by atoms with Crippen LogP contribution in [0, 0.1) is 0 Å². The van der Waals surface area contributed by atoms with Crippen LogP contribution in [0.4, 0.5) is 5.69 Å². The van der Waals surface area contributed by atoms with Crippen molar-refractivity contribution in [3.63, 3.8) is 0 Å². The topological polar surface area (TPSA) is 84.1 Å². The number of rotatable bonds is 5. The summed E-state index contributed by atoms with van der Waals surface area (Å²) < 4.78 is 1.38. The Morgan fingerprint density at radius 3 is 2.44 bits per heavy atom. The number of aromatic nitrogens is 4. The number of benzene rings is 2. The molecule has 27 heavy (non-hydrogen) atoms. The van der Waals surface area contributed by atoms with Gasteiger partial charge in [0, 0.05) is 52.7 Å². The Bertz CT molecular complexity index is 1020. The van der Waals surface area contributed by atoms with Crippen molar-refractivity contribution in [3.05, 3.63) is 69.5 Å². The summed E-state index contributed by atoms with van der Waals surface area (Å²) in [6, 6.07) is 10.1. The van der Waals surface area contributed by atoms with E-state index in [2.05, 4.69) is 15.5 Å². The van der Waals surface area contributed by atoms with Gasteiger partial charge in [-0.2, -0.15) is 0 Å². The third-order valence-corrected chi connectivity index (χ3v) is 4.44. The Hall–Kier alpha value is -2.90. The molecule has 0 aliphatic carbocycles. The Morgan fingerprint density at radius 2 is 1.85 bits per heavy atom.